The van der Waals surface area contributed by atoms with E-state index in [9.17, 15) is 5.11 Å². The van der Waals surface area contributed by atoms with Gasteiger partial charge in [0.25, 0.3) is 0 Å². The Morgan fingerprint density at radius 1 is 0.902 bits per heavy atom. The van der Waals surface area contributed by atoms with Crippen LogP contribution in [0.2, 0.25) is 0 Å². The number of likely N-dealkylation sites (N-methyl/N-ethyl adjacent to an activating group) is 1. The molecule has 0 aliphatic heterocycles. The lowest BCUT2D eigenvalue weighted by molar-refractivity contribution is -0.885. The van der Waals surface area contributed by atoms with Crippen molar-refractivity contribution in [2.24, 2.45) is 46.3 Å². The van der Waals surface area contributed by atoms with Crippen molar-refractivity contribution in [3.63, 3.8) is 0 Å². The number of hydrogen-bond donors (Lipinski definition) is 1. The van der Waals surface area contributed by atoms with Gasteiger partial charge < -0.3 is 26.6 Å². The van der Waals surface area contributed by atoms with Gasteiger partial charge in [0, 0.05) is 6.42 Å². The molecule has 3 saturated carbocycles. The highest BCUT2D eigenvalue weighted by molar-refractivity contribution is 5.32. The summed E-state index contributed by atoms with van der Waals surface area (Å²) in [5.74, 6) is 5.18. The molecule has 4 aliphatic rings. The van der Waals surface area contributed by atoms with E-state index in [1.807, 2.05) is 0 Å². The minimum Gasteiger partial charge on any atom is -1.00 e. The Bertz CT molecular complexity index is 1030. The Morgan fingerprint density at radius 3 is 2.34 bits per heavy atom. The van der Waals surface area contributed by atoms with Crippen LogP contribution in [-0.4, -0.2) is 42.9 Å². The van der Waals surface area contributed by atoms with E-state index < -0.39 is 0 Å². The third kappa shape index (κ3) is 6.88. The molecule has 0 unspecified atom stereocenters. The molecule has 8 atom stereocenters. The number of fused-ring (bicyclic) bond motifs is 5. The first-order chi connectivity index (χ1) is 18.9. The molecule has 0 amide bonds. The molecule has 41 heavy (non-hydrogen) atoms. The van der Waals surface area contributed by atoms with Crippen molar-refractivity contribution in [1.82, 2.24) is 0 Å². The molecule has 3 fully saturated rings. The molecule has 4 aliphatic carbocycles. The second-order valence-electron chi connectivity index (χ2n) is 16.6. The predicted octanol–water partition coefficient (Wildman–Crippen LogP) is 6.08. The molecule has 1 aromatic rings. The van der Waals surface area contributed by atoms with Gasteiger partial charge in [-0.15, -0.1) is 0 Å². The van der Waals surface area contributed by atoms with Crippen LogP contribution < -0.4 is 17.0 Å². The maximum atomic E-state index is 10.9. The highest BCUT2D eigenvalue weighted by Crippen LogP contribution is 2.68. The average Bonchev–Trinajstić information content (AvgIpc) is 3.26. The highest BCUT2D eigenvalue weighted by atomic mass is 79.9. The fourth-order valence-electron chi connectivity index (χ4n) is 10.8. The zero-order valence-corrected chi connectivity index (χ0v) is 29.2. The normalized spacial score (nSPS) is 35.9. The quantitative estimate of drug-likeness (QED) is 0.246. The number of aliphatic hydroxyl groups is 1. The Kier molecular flexibility index (Phi) is 10.7. The largest absolute Gasteiger partial charge is 1.00 e. The van der Waals surface area contributed by atoms with Gasteiger partial charge in [-0.05, 0) is 109 Å². The van der Waals surface area contributed by atoms with E-state index in [-0.39, 0.29) is 23.1 Å². The lowest BCUT2D eigenvalue weighted by Gasteiger charge is -2.59. The lowest BCUT2D eigenvalue weighted by Crippen LogP contribution is -3.00. The van der Waals surface area contributed by atoms with E-state index in [1.54, 1.807) is 11.1 Å². The second-order valence-corrected chi connectivity index (χ2v) is 16.6. The van der Waals surface area contributed by atoms with Crippen LogP contribution in [0.5, 0.6) is 0 Å². The molecule has 0 heterocycles. The van der Waals surface area contributed by atoms with E-state index >= 15 is 0 Å². The molecule has 0 saturated heterocycles. The van der Waals surface area contributed by atoms with Crippen molar-refractivity contribution < 1.29 is 26.6 Å². The number of halogens is 1. The van der Waals surface area contributed by atoms with Crippen LogP contribution in [0, 0.1) is 46.3 Å². The summed E-state index contributed by atoms with van der Waals surface area (Å²) in [6, 6.07) is 11.0. The molecule has 0 spiro atoms. The fraction of sp³-hybridized carbons (Fsp3) is 0.789. The van der Waals surface area contributed by atoms with Gasteiger partial charge in [-0.2, -0.15) is 0 Å². The van der Waals surface area contributed by atoms with Crippen molar-refractivity contribution in [2.45, 2.75) is 118 Å². The predicted molar refractivity (Wildman–Crippen MR) is 170 cm³/mol. The topological polar surface area (TPSA) is 20.2 Å². The van der Waals surface area contributed by atoms with E-state index in [0.717, 1.165) is 65.8 Å². The molecular formula is C38H62BrNO. The number of nitrogens with zero attached hydrogens (tertiary/aromatic N) is 1. The van der Waals surface area contributed by atoms with E-state index in [0.29, 0.717) is 10.8 Å². The molecule has 3 heteroatoms. The maximum Gasteiger partial charge on any atom is 0.100 e. The number of hydrogen-bond acceptors (Lipinski definition) is 1. The molecule has 2 nitrogen and oxygen atoms in total. The molecular weight excluding hydrogens is 566 g/mol. The maximum absolute atomic E-state index is 10.9. The molecule has 0 aromatic heterocycles. The van der Waals surface area contributed by atoms with Crippen LogP contribution in [0.3, 0.4) is 0 Å². The Balaban J connectivity index is 0.00000387. The SMILES string of the molecule is CC(C)CCC[C@@H](C)[C@H]1CC[C@H]2[C@@H]3CC(C[N+](C)(C)CCc4ccccc4)=C4C[C@@H](O)CC[C@]4(C)[C@H]3CC[C@]12C.[Br-]. The van der Waals surface area contributed by atoms with Gasteiger partial charge in [0.2, 0.25) is 0 Å². The summed E-state index contributed by atoms with van der Waals surface area (Å²) < 4.78 is 1.05. The lowest BCUT2D eigenvalue weighted by atomic mass is 9.46. The Labute approximate surface area is 264 Å². The number of benzene rings is 1. The van der Waals surface area contributed by atoms with E-state index in [4.69, 9.17) is 0 Å². The zero-order chi connectivity index (χ0) is 28.7. The van der Waals surface area contributed by atoms with Gasteiger partial charge in [0.05, 0.1) is 26.7 Å². The number of quaternary nitrogens is 1. The second kappa shape index (κ2) is 13.2. The third-order valence-corrected chi connectivity index (χ3v) is 13.0. The fourth-order valence-corrected chi connectivity index (χ4v) is 10.8. The summed E-state index contributed by atoms with van der Waals surface area (Å²) in [6.45, 7) is 15.1. The Morgan fingerprint density at radius 2 is 1.63 bits per heavy atom. The van der Waals surface area contributed by atoms with E-state index in [1.165, 1.54) is 69.9 Å². The van der Waals surface area contributed by atoms with Gasteiger partial charge in [-0.3, -0.25) is 0 Å². The summed E-state index contributed by atoms with van der Waals surface area (Å²) in [6.07, 6.45) is 15.5. The van der Waals surface area contributed by atoms with Gasteiger partial charge in [0.1, 0.15) is 6.54 Å². The molecule has 0 radical (unpaired) electrons. The minimum atomic E-state index is -0.133. The van der Waals surface area contributed by atoms with Crippen LogP contribution in [0.4, 0.5) is 0 Å². The van der Waals surface area contributed by atoms with Crippen LogP contribution >= 0.6 is 0 Å². The first-order valence-corrected chi connectivity index (χ1v) is 17.2. The van der Waals surface area contributed by atoms with Crippen LogP contribution in [0.25, 0.3) is 0 Å². The zero-order valence-electron chi connectivity index (χ0n) is 27.6. The van der Waals surface area contributed by atoms with Gasteiger partial charge in [0.15, 0.2) is 0 Å². The monoisotopic (exact) mass is 627 g/mol. The highest BCUT2D eigenvalue weighted by Gasteiger charge is 2.60. The van der Waals surface area contributed by atoms with Crippen LogP contribution in [0.15, 0.2) is 41.5 Å². The summed E-state index contributed by atoms with van der Waals surface area (Å²) in [5.41, 5.74) is 5.73. The van der Waals surface area contributed by atoms with Crippen molar-refractivity contribution in [3.8, 4) is 0 Å². The summed E-state index contributed by atoms with van der Waals surface area (Å²) in [4.78, 5) is 0. The van der Waals surface area contributed by atoms with Gasteiger partial charge >= 0.3 is 0 Å². The minimum absolute atomic E-state index is 0. The molecule has 1 aromatic carbocycles. The standard InChI is InChI=1S/C38H62NO.BrH/c1-27(2)12-11-13-28(3)33-16-17-34-32-24-30(26-39(6,7)23-20-29-14-9-8-10-15-29)36-25-31(40)18-21-38(36,5)35(32)19-22-37(33,34)4;/h8-10,14-15,27-28,31-35,40H,11-13,16-26H2,1-7H3;1H/q+1;/p-1/t28-,31+,32+,33-,34+,35+,37-,38-;/m1./s1. The van der Waals surface area contributed by atoms with Gasteiger partial charge in [-0.25, -0.2) is 0 Å². The number of rotatable bonds is 10. The average molecular weight is 629 g/mol. The first kappa shape index (κ1) is 33.3. The van der Waals surface area contributed by atoms with Crippen molar-refractivity contribution in [2.75, 3.05) is 27.2 Å². The summed E-state index contributed by atoms with van der Waals surface area (Å²) >= 11 is 0. The van der Waals surface area contributed by atoms with Crippen molar-refractivity contribution in [3.05, 3.63) is 47.0 Å². The number of aliphatic hydroxyl groups excluding tert-OH is 1. The van der Waals surface area contributed by atoms with Crippen molar-refractivity contribution >= 4 is 0 Å². The molecule has 5 rings (SSSR count). The molecule has 0 bridgehead atoms. The molecule has 1 N–H and O–H groups in total. The third-order valence-electron chi connectivity index (χ3n) is 13.0. The Hall–Kier alpha value is -0.640. The molecule has 232 valence electrons. The van der Waals surface area contributed by atoms with Crippen molar-refractivity contribution in [1.29, 1.82) is 0 Å². The van der Waals surface area contributed by atoms with Gasteiger partial charge in [-0.1, -0.05) is 89.8 Å². The van der Waals surface area contributed by atoms with Crippen LogP contribution in [0.1, 0.15) is 111 Å². The van der Waals surface area contributed by atoms with Crippen LogP contribution in [-0.2, 0) is 6.42 Å². The first-order valence-electron chi connectivity index (χ1n) is 17.2. The van der Waals surface area contributed by atoms with E-state index in [2.05, 4.69) is 79.0 Å². The smallest absolute Gasteiger partial charge is 0.100 e. The summed E-state index contributed by atoms with van der Waals surface area (Å²) in [5, 5.41) is 10.9. The summed E-state index contributed by atoms with van der Waals surface area (Å²) in [7, 11) is 4.91.